The summed E-state index contributed by atoms with van der Waals surface area (Å²) in [6.07, 6.45) is 0. The highest BCUT2D eigenvalue weighted by Gasteiger charge is 2.07. The van der Waals surface area contributed by atoms with Gasteiger partial charge < -0.3 is 10.1 Å². The molecule has 108 valence electrons. The van der Waals surface area contributed by atoms with E-state index in [-0.39, 0.29) is 11.9 Å². The zero-order valence-corrected chi connectivity index (χ0v) is 12.1. The monoisotopic (exact) mass is 284 g/mol. The molecule has 21 heavy (non-hydrogen) atoms. The predicted octanol–water partition coefficient (Wildman–Crippen LogP) is 3.56. The van der Waals surface area contributed by atoms with Crippen LogP contribution < -0.4 is 10.1 Å². The van der Waals surface area contributed by atoms with Gasteiger partial charge in [0.25, 0.3) is 0 Å². The van der Waals surface area contributed by atoms with Gasteiger partial charge in [0.2, 0.25) is 0 Å². The summed E-state index contributed by atoms with van der Waals surface area (Å²) in [6, 6.07) is 14.1. The summed E-state index contributed by atoms with van der Waals surface area (Å²) in [5.74, 6) is 0.330. The Labute approximate surface area is 124 Å². The maximum Gasteiger partial charge on any atom is 0.136 e. The van der Waals surface area contributed by atoms with Gasteiger partial charge in [0, 0.05) is 12.6 Å². The average molecular weight is 284 g/mol. The lowest BCUT2D eigenvalue weighted by molar-refractivity contribution is 0.412. The zero-order valence-electron chi connectivity index (χ0n) is 12.1. The van der Waals surface area contributed by atoms with E-state index in [1.54, 1.807) is 19.2 Å². The van der Waals surface area contributed by atoms with Gasteiger partial charge in [-0.1, -0.05) is 18.2 Å². The van der Waals surface area contributed by atoms with Crippen molar-refractivity contribution in [1.29, 1.82) is 5.26 Å². The second-order valence-corrected chi connectivity index (χ2v) is 4.80. The first kappa shape index (κ1) is 15.0. The number of nitrogens with zero attached hydrogens (tertiary/aromatic N) is 1. The van der Waals surface area contributed by atoms with E-state index in [9.17, 15) is 4.39 Å². The van der Waals surface area contributed by atoms with Crippen molar-refractivity contribution in [2.24, 2.45) is 0 Å². The SMILES string of the molecule is COc1cc(CN[C@H](C)c2cccc(F)c2)ccc1C#N. The van der Waals surface area contributed by atoms with Crippen LogP contribution in [0.4, 0.5) is 4.39 Å². The maximum absolute atomic E-state index is 13.2. The molecule has 4 heteroatoms. The smallest absolute Gasteiger partial charge is 0.136 e. The Kier molecular flexibility index (Phi) is 4.91. The lowest BCUT2D eigenvalue weighted by Gasteiger charge is -2.15. The Morgan fingerprint density at radius 2 is 2.10 bits per heavy atom. The van der Waals surface area contributed by atoms with Crippen molar-refractivity contribution < 1.29 is 9.13 Å². The van der Waals surface area contributed by atoms with Crippen LogP contribution in [0.3, 0.4) is 0 Å². The lowest BCUT2D eigenvalue weighted by Crippen LogP contribution is -2.18. The molecule has 0 radical (unpaired) electrons. The van der Waals surface area contributed by atoms with Crippen LogP contribution in [-0.4, -0.2) is 7.11 Å². The summed E-state index contributed by atoms with van der Waals surface area (Å²) in [4.78, 5) is 0. The van der Waals surface area contributed by atoms with Crippen LogP contribution >= 0.6 is 0 Å². The molecule has 0 aliphatic carbocycles. The molecular weight excluding hydrogens is 267 g/mol. The Morgan fingerprint density at radius 1 is 1.29 bits per heavy atom. The summed E-state index contributed by atoms with van der Waals surface area (Å²) in [6.45, 7) is 2.59. The van der Waals surface area contributed by atoms with Crippen molar-refractivity contribution in [2.45, 2.75) is 19.5 Å². The Hall–Kier alpha value is -2.38. The van der Waals surface area contributed by atoms with Crippen molar-refractivity contribution in [2.75, 3.05) is 7.11 Å². The fraction of sp³-hybridized carbons (Fsp3) is 0.235. The molecule has 0 bridgehead atoms. The molecule has 2 rings (SSSR count). The summed E-state index contributed by atoms with van der Waals surface area (Å²) in [5, 5.41) is 12.3. The number of hydrogen-bond acceptors (Lipinski definition) is 3. The van der Waals surface area contributed by atoms with Crippen molar-refractivity contribution in [3.05, 3.63) is 65.0 Å². The third kappa shape index (κ3) is 3.80. The molecule has 0 aliphatic heterocycles. The fourth-order valence-electron chi connectivity index (χ4n) is 2.10. The second kappa shape index (κ2) is 6.87. The molecule has 0 saturated heterocycles. The van der Waals surface area contributed by atoms with Crippen molar-refractivity contribution in [1.82, 2.24) is 5.32 Å². The molecule has 0 heterocycles. The van der Waals surface area contributed by atoms with Gasteiger partial charge in [-0.25, -0.2) is 4.39 Å². The lowest BCUT2D eigenvalue weighted by atomic mass is 10.1. The first-order chi connectivity index (χ1) is 10.1. The first-order valence-corrected chi connectivity index (χ1v) is 6.70. The molecule has 0 aliphatic rings. The highest BCUT2D eigenvalue weighted by Crippen LogP contribution is 2.20. The van der Waals surface area contributed by atoms with Gasteiger partial charge in [0.15, 0.2) is 0 Å². The van der Waals surface area contributed by atoms with Crippen LogP contribution in [0.1, 0.15) is 29.7 Å². The third-order valence-electron chi connectivity index (χ3n) is 3.35. The predicted molar refractivity (Wildman–Crippen MR) is 79.4 cm³/mol. The quantitative estimate of drug-likeness (QED) is 0.913. The molecule has 0 spiro atoms. The van der Waals surface area contributed by atoms with Gasteiger partial charge >= 0.3 is 0 Å². The Balaban J connectivity index is 2.04. The Bertz CT molecular complexity index is 664. The van der Waals surface area contributed by atoms with Gasteiger partial charge in [-0.15, -0.1) is 0 Å². The molecule has 1 N–H and O–H groups in total. The number of halogens is 1. The molecule has 0 aromatic heterocycles. The Morgan fingerprint density at radius 3 is 2.76 bits per heavy atom. The van der Waals surface area contributed by atoms with E-state index >= 15 is 0 Å². The number of nitriles is 1. The molecule has 2 aromatic rings. The van der Waals surface area contributed by atoms with E-state index in [0.29, 0.717) is 17.9 Å². The topological polar surface area (TPSA) is 45.0 Å². The number of rotatable bonds is 5. The van der Waals surface area contributed by atoms with Crippen molar-refractivity contribution >= 4 is 0 Å². The molecule has 0 amide bonds. The van der Waals surface area contributed by atoms with E-state index in [2.05, 4.69) is 11.4 Å². The molecule has 0 unspecified atom stereocenters. The van der Waals surface area contributed by atoms with Crippen LogP contribution in [0.15, 0.2) is 42.5 Å². The van der Waals surface area contributed by atoms with Gasteiger partial charge in [-0.05, 0) is 42.3 Å². The van der Waals surface area contributed by atoms with Gasteiger partial charge in [0.05, 0.1) is 12.7 Å². The molecule has 0 saturated carbocycles. The minimum absolute atomic E-state index is 0.0299. The van der Waals surface area contributed by atoms with E-state index in [4.69, 9.17) is 10.00 Å². The van der Waals surface area contributed by atoms with Gasteiger partial charge in [-0.3, -0.25) is 0 Å². The minimum Gasteiger partial charge on any atom is -0.495 e. The zero-order chi connectivity index (χ0) is 15.2. The van der Waals surface area contributed by atoms with Crippen LogP contribution in [0, 0.1) is 17.1 Å². The van der Waals surface area contributed by atoms with E-state index in [1.807, 2.05) is 25.1 Å². The highest BCUT2D eigenvalue weighted by atomic mass is 19.1. The number of benzene rings is 2. The summed E-state index contributed by atoms with van der Waals surface area (Å²) < 4.78 is 18.4. The highest BCUT2D eigenvalue weighted by molar-refractivity contribution is 5.45. The average Bonchev–Trinajstić information content (AvgIpc) is 2.52. The van der Waals surface area contributed by atoms with E-state index in [1.165, 1.54) is 12.1 Å². The minimum atomic E-state index is -0.235. The van der Waals surface area contributed by atoms with E-state index < -0.39 is 0 Å². The number of methoxy groups -OCH3 is 1. The first-order valence-electron chi connectivity index (χ1n) is 6.70. The molecule has 3 nitrogen and oxygen atoms in total. The van der Waals surface area contributed by atoms with E-state index in [0.717, 1.165) is 11.1 Å². The fourth-order valence-corrected chi connectivity index (χ4v) is 2.10. The summed E-state index contributed by atoms with van der Waals surface area (Å²) in [7, 11) is 1.54. The van der Waals surface area contributed by atoms with Crippen LogP contribution in [0.25, 0.3) is 0 Å². The standard InChI is InChI=1S/C17H17FN2O/c1-12(14-4-3-5-16(18)9-14)20-11-13-6-7-15(10-19)17(8-13)21-2/h3-9,12,20H,11H2,1-2H3/t12-/m1/s1. The largest absolute Gasteiger partial charge is 0.495 e. The normalized spacial score (nSPS) is 11.7. The van der Waals surface area contributed by atoms with Crippen molar-refractivity contribution in [3.8, 4) is 11.8 Å². The number of ether oxygens (including phenoxy) is 1. The molecule has 2 aromatic carbocycles. The molecular formula is C17H17FN2O. The molecule has 1 atom stereocenters. The van der Waals surface area contributed by atoms with Crippen LogP contribution in [0.2, 0.25) is 0 Å². The number of hydrogen-bond donors (Lipinski definition) is 1. The maximum atomic E-state index is 13.2. The van der Waals surface area contributed by atoms with Crippen LogP contribution in [-0.2, 0) is 6.54 Å². The van der Waals surface area contributed by atoms with Crippen molar-refractivity contribution in [3.63, 3.8) is 0 Å². The van der Waals surface area contributed by atoms with Gasteiger partial charge in [0.1, 0.15) is 17.6 Å². The molecule has 0 fully saturated rings. The summed E-state index contributed by atoms with van der Waals surface area (Å²) >= 11 is 0. The second-order valence-electron chi connectivity index (χ2n) is 4.80. The van der Waals surface area contributed by atoms with Crippen LogP contribution in [0.5, 0.6) is 5.75 Å². The third-order valence-corrected chi connectivity index (χ3v) is 3.35. The van der Waals surface area contributed by atoms with Gasteiger partial charge in [-0.2, -0.15) is 5.26 Å². The summed E-state index contributed by atoms with van der Waals surface area (Å²) in [5.41, 5.74) is 2.42. The number of nitrogens with one attached hydrogen (secondary N) is 1.